The van der Waals surface area contributed by atoms with E-state index < -0.39 is 10.0 Å². The molecule has 0 saturated carbocycles. The third kappa shape index (κ3) is 4.47. The number of amides is 1. The van der Waals surface area contributed by atoms with Crippen molar-refractivity contribution in [3.63, 3.8) is 0 Å². The van der Waals surface area contributed by atoms with E-state index in [0.717, 1.165) is 19.3 Å². The number of nitrogens with zero attached hydrogens (tertiary/aromatic N) is 2. The van der Waals surface area contributed by atoms with Crippen LogP contribution in [-0.2, 0) is 21.2 Å². The molecule has 1 N–H and O–H groups in total. The van der Waals surface area contributed by atoms with Crippen molar-refractivity contribution < 1.29 is 17.6 Å². The zero-order valence-electron chi connectivity index (χ0n) is 15.6. The molecule has 152 valence electrons. The topological polar surface area (TPSA) is 79.4 Å². The Labute approximate surface area is 172 Å². The first-order valence-electron chi connectivity index (χ1n) is 9.37. The minimum atomic E-state index is -3.48. The van der Waals surface area contributed by atoms with E-state index in [2.05, 4.69) is 10.3 Å². The summed E-state index contributed by atoms with van der Waals surface area (Å²) in [6.07, 6.45) is 2.92. The Hall–Kier alpha value is -2.36. The van der Waals surface area contributed by atoms with E-state index in [0.29, 0.717) is 34.0 Å². The quantitative estimate of drug-likeness (QED) is 0.664. The maximum Gasteiger partial charge on any atom is 0.243 e. The Kier molecular flexibility index (Phi) is 5.62. The molecule has 0 atom stereocenters. The molecule has 1 saturated heterocycles. The number of piperidine rings is 1. The summed E-state index contributed by atoms with van der Waals surface area (Å²) >= 11 is 1.20. The predicted octanol–water partition coefficient (Wildman–Crippen LogP) is 3.79. The summed E-state index contributed by atoms with van der Waals surface area (Å²) in [7, 11) is -3.48. The van der Waals surface area contributed by atoms with Crippen LogP contribution in [-0.4, -0.2) is 36.7 Å². The van der Waals surface area contributed by atoms with E-state index in [1.54, 1.807) is 30.3 Å². The van der Waals surface area contributed by atoms with E-state index in [1.807, 2.05) is 0 Å². The van der Waals surface area contributed by atoms with Gasteiger partial charge in [-0.15, -0.1) is 0 Å². The minimum Gasteiger partial charge on any atom is -0.302 e. The fourth-order valence-electron chi connectivity index (χ4n) is 3.33. The van der Waals surface area contributed by atoms with Crippen molar-refractivity contribution in [1.29, 1.82) is 0 Å². The highest BCUT2D eigenvalue weighted by atomic mass is 32.2. The van der Waals surface area contributed by atoms with Crippen molar-refractivity contribution >= 4 is 42.6 Å². The zero-order valence-corrected chi connectivity index (χ0v) is 17.2. The first-order chi connectivity index (χ1) is 13.9. The summed E-state index contributed by atoms with van der Waals surface area (Å²) < 4.78 is 40.8. The Bertz CT molecular complexity index is 1140. The number of anilines is 1. The molecule has 29 heavy (non-hydrogen) atoms. The van der Waals surface area contributed by atoms with Gasteiger partial charge in [0, 0.05) is 13.1 Å². The van der Waals surface area contributed by atoms with Crippen LogP contribution in [0.3, 0.4) is 0 Å². The Balaban J connectivity index is 1.41. The number of halogens is 1. The average Bonchev–Trinajstić information content (AvgIpc) is 3.10. The van der Waals surface area contributed by atoms with Gasteiger partial charge in [0.05, 0.1) is 21.5 Å². The van der Waals surface area contributed by atoms with Gasteiger partial charge in [0.2, 0.25) is 15.9 Å². The smallest absolute Gasteiger partial charge is 0.243 e. The molecular weight excluding hydrogens is 413 g/mol. The fraction of sp³-hybridized carbons (Fsp3) is 0.300. The van der Waals surface area contributed by atoms with E-state index in [9.17, 15) is 17.6 Å². The summed E-state index contributed by atoms with van der Waals surface area (Å²) in [5, 5.41) is 3.12. The van der Waals surface area contributed by atoms with Gasteiger partial charge in [0.25, 0.3) is 0 Å². The predicted molar refractivity (Wildman–Crippen MR) is 111 cm³/mol. The summed E-state index contributed by atoms with van der Waals surface area (Å²) in [6, 6.07) is 10.7. The molecular formula is C20H20FN3O3S2. The van der Waals surface area contributed by atoms with Crippen LogP contribution < -0.4 is 5.32 Å². The molecule has 2 aromatic carbocycles. The molecule has 0 aliphatic carbocycles. The number of sulfonamides is 1. The van der Waals surface area contributed by atoms with Gasteiger partial charge in [-0.2, -0.15) is 4.31 Å². The van der Waals surface area contributed by atoms with Crippen LogP contribution in [0.25, 0.3) is 10.2 Å². The highest BCUT2D eigenvalue weighted by Gasteiger charge is 2.25. The minimum absolute atomic E-state index is 0.0916. The Morgan fingerprint density at radius 3 is 2.55 bits per heavy atom. The number of hydrogen-bond acceptors (Lipinski definition) is 5. The van der Waals surface area contributed by atoms with Gasteiger partial charge < -0.3 is 5.32 Å². The lowest BCUT2D eigenvalue weighted by Crippen LogP contribution is -2.35. The molecule has 1 amide bonds. The summed E-state index contributed by atoms with van der Waals surface area (Å²) in [5.74, 6) is -0.616. The molecule has 3 aromatic rings. The molecule has 0 spiro atoms. The van der Waals surface area contributed by atoms with Gasteiger partial charge in [-0.3, -0.25) is 4.79 Å². The number of nitrogens with one attached hydrogen (secondary N) is 1. The Morgan fingerprint density at radius 1 is 1.10 bits per heavy atom. The lowest BCUT2D eigenvalue weighted by molar-refractivity contribution is -0.115. The third-order valence-electron chi connectivity index (χ3n) is 4.84. The van der Waals surface area contributed by atoms with Crippen molar-refractivity contribution in [1.82, 2.24) is 9.29 Å². The van der Waals surface area contributed by atoms with Crippen molar-refractivity contribution in [2.24, 2.45) is 0 Å². The van der Waals surface area contributed by atoms with Crippen molar-refractivity contribution in [2.75, 3.05) is 18.4 Å². The number of carbonyl (C=O) groups excluding carboxylic acids is 1. The van der Waals surface area contributed by atoms with Crippen LogP contribution in [0.1, 0.15) is 24.8 Å². The van der Waals surface area contributed by atoms with Crippen LogP contribution in [0.4, 0.5) is 9.52 Å². The molecule has 0 bridgehead atoms. The zero-order chi connectivity index (χ0) is 20.4. The number of benzene rings is 2. The number of aromatic nitrogens is 1. The van der Waals surface area contributed by atoms with Crippen LogP contribution in [0.5, 0.6) is 0 Å². The summed E-state index contributed by atoms with van der Waals surface area (Å²) in [4.78, 5) is 16.8. The molecule has 0 radical (unpaired) electrons. The monoisotopic (exact) mass is 433 g/mol. The van der Waals surface area contributed by atoms with Gasteiger partial charge in [0.1, 0.15) is 5.82 Å². The highest BCUT2D eigenvalue weighted by Crippen LogP contribution is 2.26. The van der Waals surface area contributed by atoms with Crippen molar-refractivity contribution in [3.8, 4) is 0 Å². The standard InChI is InChI=1S/C20H20FN3O3S2/c21-15-6-9-17-18(13-15)28-20(22-17)23-19(25)12-14-4-7-16(8-5-14)29(26,27)24-10-2-1-3-11-24/h4-9,13H,1-3,10-12H2,(H,22,23,25). The normalized spacial score (nSPS) is 15.5. The van der Waals surface area contributed by atoms with Gasteiger partial charge in [-0.25, -0.2) is 17.8 Å². The molecule has 1 aliphatic heterocycles. The number of thiazole rings is 1. The van der Waals surface area contributed by atoms with Gasteiger partial charge >= 0.3 is 0 Å². The van der Waals surface area contributed by atoms with Crippen LogP contribution in [0, 0.1) is 5.82 Å². The number of carbonyl (C=O) groups is 1. The summed E-state index contributed by atoms with van der Waals surface area (Å²) in [5.41, 5.74) is 1.33. The van der Waals surface area contributed by atoms with E-state index in [4.69, 9.17) is 0 Å². The molecule has 2 heterocycles. The van der Waals surface area contributed by atoms with Gasteiger partial charge in [-0.05, 0) is 48.7 Å². The SMILES string of the molecule is O=C(Cc1ccc(S(=O)(=O)N2CCCCC2)cc1)Nc1nc2ccc(F)cc2s1. The van der Waals surface area contributed by atoms with Crippen LogP contribution >= 0.6 is 11.3 Å². The third-order valence-corrected chi connectivity index (χ3v) is 7.68. The lowest BCUT2D eigenvalue weighted by atomic mass is 10.1. The fourth-order valence-corrected chi connectivity index (χ4v) is 5.76. The summed E-state index contributed by atoms with van der Waals surface area (Å²) in [6.45, 7) is 1.11. The maximum atomic E-state index is 13.3. The second kappa shape index (κ2) is 8.17. The van der Waals surface area contributed by atoms with Crippen molar-refractivity contribution in [2.45, 2.75) is 30.6 Å². The maximum absolute atomic E-state index is 13.3. The van der Waals surface area contributed by atoms with E-state index in [1.165, 1.54) is 27.8 Å². The number of hydrogen-bond donors (Lipinski definition) is 1. The van der Waals surface area contributed by atoms with Crippen molar-refractivity contribution in [3.05, 3.63) is 53.8 Å². The van der Waals surface area contributed by atoms with Gasteiger partial charge in [-0.1, -0.05) is 29.9 Å². The molecule has 6 nitrogen and oxygen atoms in total. The average molecular weight is 434 g/mol. The van der Waals surface area contributed by atoms with E-state index in [-0.39, 0.29) is 23.0 Å². The number of rotatable bonds is 5. The number of fused-ring (bicyclic) bond motifs is 1. The van der Waals surface area contributed by atoms with Crippen LogP contribution in [0.15, 0.2) is 47.4 Å². The second-order valence-corrected chi connectivity index (χ2v) is 9.93. The largest absolute Gasteiger partial charge is 0.302 e. The second-order valence-electron chi connectivity index (χ2n) is 6.96. The molecule has 1 aliphatic rings. The molecule has 4 rings (SSSR count). The lowest BCUT2D eigenvalue weighted by Gasteiger charge is -2.25. The van der Waals surface area contributed by atoms with Gasteiger partial charge in [0.15, 0.2) is 5.13 Å². The first-order valence-corrected chi connectivity index (χ1v) is 11.6. The molecule has 1 fully saturated rings. The first kappa shape index (κ1) is 19.9. The molecule has 9 heteroatoms. The molecule has 1 aromatic heterocycles. The highest BCUT2D eigenvalue weighted by molar-refractivity contribution is 7.89. The molecule has 0 unspecified atom stereocenters. The Morgan fingerprint density at radius 2 is 1.83 bits per heavy atom. The van der Waals surface area contributed by atoms with E-state index >= 15 is 0 Å². The van der Waals surface area contributed by atoms with Crippen LogP contribution in [0.2, 0.25) is 0 Å².